The molecule has 1 aromatic rings. The van der Waals surface area contributed by atoms with Crippen molar-refractivity contribution < 1.29 is 27.9 Å². The highest BCUT2D eigenvalue weighted by atomic mass is 32.1. The zero-order chi connectivity index (χ0) is 15.3. The molecule has 0 unspecified atom stereocenters. The van der Waals surface area contributed by atoms with E-state index in [2.05, 4.69) is 5.32 Å². The first-order valence-electron chi connectivity index (χ1n) is 5.55. The number of halogens is 3. The van der Waals surface area contributed by atoms with Gasteiger partial charge in [-0.3, -0.25) is 4.79 Å². The molecule has 0 saturated carbocycles. The number of aryl methyl sites for hydroxylation is 1. The fraction of sp³-hybridized carbons (Fsp3) is 0.333. The first-order chi connectivity index (χ1) is 9.19. The number of carbonyl (C=O) groups is 2. The highest BCUT2D eigenvalue weighted by molar-refractivity contribution is 7.15. The highest BCUT2D eigenvalue weighted by Crippen LogP contribution is 2.23. The second-order valence-corrected chi connectivity index (χ2v) is 5.03. The van der Waals surface area contributed by atoms with E-state index in [0.717, 1.165) is 17.4 Å². The van der Waals surface area contributed by atoms with Crippen LogP contribution in [0.15, 0.2) is 12.1 Å². The molecule has 0 bridgehead atoms. The monoisotopic (exact) mass is 307 g/mol. The topological polar surface area (TPSA) is 66.4 Å². The lowest BCUT2D eigenvalue weighted by atomic mass is 10.2. The Balaban J connectivity index is 2.66. The van der Waals surface area contributed by atoms with E-state index in [1.165, 1.54) is 12.1 Å². The minimum atomic E-state index is -4.31. The lowest BCUT2D eigenvalue weighted by Gasteiger charge is -2.06. The summed E-state index contributed by atoms with van der Waals surface area (Å²) < 4.78 is 35.8. The van der Waals surface area contributed by atoms with E-state index in [0.29, 0.717) is 10.4 Å². The zero-order valence-corrected chi connectivity index (χ0v) is 11.3. The van der Waals surface area contributed by atoms with E-state index < -0.39 is 31.0 Å². The van der Waals surface area contributed by atoms with Crippen molar-refractivity contribution in [3.8, 4) is 0 Å². The third-order valence-electron chi connectivity index (χ3n) is 2.25. The number of hydrogen-bond donors (Lipinski definition) is 2. The zero-order valence-electron chi connectivity index (χ0n) is 10.5. The number of alkyl halides is 3. The molecule has 0 aromatic carbocycles. The minimum absolute atomic E-state index is 0.245. The van der Waals surface area contributed by atoms with E-state index in [1.54, 1.807) is 6.92 Å². The van der Waals surface area contributed by atoms with Gasteiger partial charge in [-0.05, 0) is 24.6 Å². The molecular formula is C12H12F3NO3S. The van der Waals surface area contributed by atoms with Gasteiger partial charge in [0.05, 0.1) is 11.3 Å². The molecule has 0 saturated heterocycles. The molecule has 0 aliphatic rings. The second-order valence-electron chi connectivity index (χ2n) is 3.95. The van der Waals surface area contributed by atoms with Gasteiger partial charge < -0.3 is 10.4 Å². The predicted molar refractivity (Wildman–Crippen MR) is 68.7 cm³/mol. The van der Waals surface area contributed by atoms with Gasteiger partial charge >= 0.3 is 12.1 Å². The van der Waals surface area contributed by atoms with Crippen LogP contribution in [-0.4, -0.2) is 29.7 Å². The third kappa shape index (κ3) is 5.43. The van der Waals surface area contributed by atoms with Crippen molar-refractivity contribution in [1.82, 2.24) is 5.32 Å². The molecule has 4 nitrogen and oxygen atoms in total. The molecule has 1 heterocycles. The van der Waals surface area contributed by atoms with Gasteiger partial charge in [-0.15, -0.1) is 11.3 Å². The summed E-state index contributed by atoms with van der Waals surface area (Å²) >= 11 is 1.02. The Kier molecular flexibility index (Phi) is 5.32. The van der Waals surface area contributed by atoms with E-state index in [-0.39, 0.29) is 4.88 Å². The summed E-state index contributed by atoms with van der Waals surface area (Å²) in [5.41, 5.74) is 0.688. The van der Waals surface area contributed by atoms with Gasteiger partial charge in [0, 0.05) is 17.5 Å². The molecule has 0 atom stereocenters. The average molecular weight is 307 g/mol. The Bertz CT molecular complexity index is 535. The van der Waals surface area contributed by atoms with Crippen LogP contribution in [0.5, 0.6) is 0 Å². The molecule has 110 valence electrons. The van der Waals surface area contributed by atoms with E-state index >= 15 is 0 Å². The van der Waals surface area contributed by atoms with Crippen LogP contribution >= 0.6 is 11.3 Å². The van der Waals surface area contributed by atoms with Gasteiger partial charge in [0.25, 0.3) is 5.91 Å². The molecule has 1 aromatic heterocycles. The minimum Gasteiger partial charge on any atom is -0.478 e. The summed E-state index contributed by atoms with van der Waals surface area (Å²) in [6.07, 6.45) is -3.12. The molecule has 2 N–H and O–H groups in total. The van der Waals surface area contributed by atoms with Gasteiger partial charge in [0.15, 0.2) is 0 Å². The largest absolute Gasteiger partial charge is 0.478 e. The van der Waals surface area contributed by atoms with Crippen LogP contribution in [0, 0.1) is 6.92 Å². The van der Waals surface area contributed by atoms with Crippen molar-refractivity contribution in [2.75, 3.05) is 6.54 Å². The molecule has 1 amide bonds. The van der Waals surface area contributed by atoms with Crippen LogP contribution in [0.4, 0.5) is 13.2 Å². The molecule has 20 heavy (non-hydrogen) atoms. The van der Waals surface area contributed by atoms with E-state index in [1.807, 2.05) is 0 Å². The number of thiophene rings is 1. The summed E-state index contributed by atoms with van der Waals surface area (Å²) in [6.45, 7) is 1.20. The first-order valence-corrected chi connectivity index (χ1v) is 6.37. The molecule has 0 radical (unpaired) electrons. The van der Waals surface area contributed by atoms with Crippen LogP contribution in [-0.2, 0) is 4.79 Å². The lowest BCUT2D eigenvalue weighted by Crippen LogP contribution is -2.27. The summed E-state index contributed by atoms with van der Waals surface area (Å²) in [7, 11) is 0. The SMILES string of the molecule is Cc1cc(C(=O)NCCC(F)(F)F)sc1/C=C/C(=O)O. The van der Waals surface area contributed by atoms with Crippen molar-refractivity contribution in [1.29, 1.82) is 0 Å². The third-order valence-corrected chi connectivity index (χ3v) is 3.45. The Hall–Kier alpha value is -1.83. The average Bonchev–Trinajstić information content (AvgIpc) is 2.66. The van der Waals surface area contributed by atoms with Gasteiger partial charge in [-0.2, -0.15) is 13.2 Å². The van der Waals surface area contributed by atoms with Crippen LogP contribution in [0.1, 0.15) is 26.5 Å². The van der Waals surface area contributed by atoms with Gasteiger partial charge in [0.2, 0.25) is 0 Å². The quantitative estimate of drug-likeness (QED) is 0.822. The molecule has 0 aliphatic carbocycles. The summed E-state index contributed by atoms with van der Waals surface area (Å²) in [5.74, 6) is -1.72. The molecule has 0 fully saturated rings. The Morgan fingerprint density at radius 3 is 2.65 bits per heavy atom. The number of carboxylic acid groups (broad SMARTS) is 1. The molecular weight excluding hydrogens is 295 g/mol. The van der Waals surface area contributed by atoms with Crippen LogP contribution in [0.3, 0.4) is 0 Å². The summed E-state index contributed by atoms with van der Waals surface area (Å²) in [5, 5.41) is 10.7. The maximum atomic E-state index is 11.9. The molecule has 0 aliphatic heterocycles. The fourth-order valence-corrected chi connectivity index (χ4v) is 2.32. The van der Waals surface area contributed by atoms with Crippen molar-refractivity contribution in [2.24, 2.45) is 0 Å². The Labute approximate surface area is 116 Å². The van der Waals surface area contributed by atoms with Gasteiger partial charge in [0.1, 0.15) is 0 Å². The highest BCUT2D eigenvalue weighted by Gasteiger charge is 2.26. The number of nitrogens with one attached hydrogen (secondary N) is 1. The summed E-state index contributed by atoms with van der Waals surface area (Å²) in [6, 6.07) is 1.51. The maximum absolute atomic E-state index is 11.9. The van der Waals surface area contributed by atoms with Crippen molar-refractivity contribution in [2.45, 2.75) is 19.5 Å². The standard InChI is InChI=1S/C12H12F3NO3S/c1-7-6-9(20-8(7)2-3-10(17)18)11(19)16-5-4-12(13,14)15/h2-3,6H,4-5H2,1H3,(H,16,19)(H,17,18)/b3-2+. The fourth-order valence-electron chi connectivity index (χ4n) is 1.33. The van der Waals surface area contributed by atoms with Crippen molar-refractivity contribution in [3.63, 3.8) is 0 Å². The number of rotatable bonds is 5. The van der Waals surface area contributed by atoms with E-state index in [9.17, 15) is 22.8 Å². The van der Waals surface area contributed by atoms with E-state index in [4.69, 9.17) is 5.11 Å². The molecule has 0 spiro atoms. The molecule has 1 rings (SSSR count). The second kappa shape index (κ2) is 6.56. The van der Waals surface area contributed by atoms with Crippen LogP contribution < -0.4 is 5.32 Å². The van der Waals surface area contributed by atoms with Gasteiger partial charge in [-0.1, -0.05) is 0 Å². The number of carbonyl (C=O) groups excluding carboxylic acids is 1. The number of carboxylic acids is 1. The number of aliphatic carboxylic acids is 1. The first kappa shape index (κ1) is 16.2. The summed E-state index contributed by atoms with van der Waals surface area (Å²) in [4.78, 5) is 22.8. The Morgan fingerprint density at radius 1 is 1.45 bits per heavy atom. The normalized spacial score (nSPS) is 11.8. The maximum Gasteiger partial charge on any atom is 0.390 e. The molecule has 8 heteroatoms. The predicted octanol–water partition coefficient (Wildman–Crippen LogP) is 2.84. The van der Waals surface area contributed by atoms with Crippen molar-refractivity contribution in [3.05, 3.63) is 27.5 Å². The van der Waals surface area contributed by atoms with Crippen LogP contribution in [0.2, 0.25) is 0 Å². The van der Waals surface area contributed by atoms with Gasteiger partial charge in [-0.25, -0.2) is 4.79 Å². The number of hydrogen-bond acceptors (Lipinski definition) is 3. The lowest BCUT2D eigenvalue weighted by molar-refractivity contribution is -0.133. The smallest absolute Gasteiger partial charge is 0.390 e. The number of amides is 1. The van der Waals surface area contributed by atoms with Crippen LogP contribution in [0.25, 0.3) is 6.08 Å². The Morgan fingerprint density at radius 2 is 2.10 bits per heavy atom. The van der Waals surface area contributed by atoms with Crippen molar-refractivity contribution >= 4 is 29.3 Å².